The number of para-hydroxylation sites is 1. The Morgan fingerprint density at radius 1 is 1.15 bits per heavy atom. The third kappa shape index (κ3) is 2.09. The summed E-state index contributed by atoms with van der Waals surface area (Å²) in [5.74, 6) is 1.02. The van der Waals surface area contributed by atoms with E-state index in [0.717, 1.165) is 16.9 Å². The number of aryl methyl sites for hydroxylation is 1. The van der Waals surface area contributed by atoms with Gasteiger partial charge in [-0.25, -0.2) is 4.98 Å². The maximum absolute atomic E-state index is 6.28. The van der Waals surface area contributed by atoms with Crippen molar-refractivity contribution in [3.63, 3.8) is 0 Å². The summed E-state index contributed by atoms with van der Waals surface area (Å²) in [5, 5.41) is 0.715. The van der Waals surface area contributed by atoms with Crippen molar-refractivity contribution in [2.24, 2.45) is 12.8 Å². The fourth-order valence-electron chi connectivity index (χ4n) is 2.63. The van der Waals surface area contributed by atoms with Gasteiger partial charge in [-0.3, -0.25) is 0 Å². The molecule has 0 fully saturated rings. The van der Waals surface area contributed by atoms with E-state index in [4.69, 9.17) is 22.3 Å². The first-order valence-corrected chi connectivity index (χ1v) is 6.96. The van der Waals surface area contributed by atoms with Crippen molar-refractivity contribution in [1.82, 2.24) is 9.55 Å². The summed E-state index contributed by atoms with van der Waals surface area (Å²) in [6.45, 7) is 0.513. The first-order valence-electron chi connectivity index (χ1n) is 6.58. The van der Waals surface area contributed by atoms with Gasteiger partial charge in [-0.15, -0.1) is 0 Å². The van der Waals surface area contributed by atoms with Gasteiger partial charge in [0.1, 0.15) is 5.82 Å². The minimum atomic E-state index is 0.0738. The number of rotatable bonds is 3. The number of imidazole rings is 1. The standard InChI is InChI=1S/C16H16ClN3/c1-20-15-13(17)8-5-9-14(15)19-16(20)12(10-18)11-6-3-2-4-7-11/h2-9,12H,10,18H2,1H3. The highest BCUT2D eigenvalue weighted by Crippen LogP contribution is 2.29. The van der Waals surface area contributed by atoms with Crippen LogP contribution in [0.3, 0.4) is 0 Å². The molecule has 3 aromatic rings. The maximum Gasteiger partial charge on any atom is 0.118 e. The number of fused-ring (bicyclic) bond motifs is 1. The average Bonchev–Trinajstić information content (AvgIpc) is 2.80. The largest absolute Gasteiger partial charge is 0.329 e. The van der Waals surface area contributed by atoms with Gasteiger partial charge in [0.2, 0.25) is 0 Å². The number of nitrogens with two attached hydrogens (primary N) is 1. The minimum absolute atomic E-state index is 0.0738. The van der Waals surface area contributed by atoms with Gasteiger partial charge in [0.15, 0.2) is 0 Å². The van der Waals surface area contributed by atoms with Gasteiger partial charge in [-0.1, -0.05) is 48.0 Å². The van der Waals surface area contributed by atoms with Crippen molar-refractivity contribution in [2.75, 3.05) is 6.54 Å². The van der Waals surface area contributed by atoms with E-state index < -0.39 is 0 Å². The third-order valence-corrected chi connectivity index (χ3v) is 3.93. The lowest BCUT2D eigenvalue weighted by Crippen LogP contribution is -2.17. The van der Waals surface area contributed by atoms with Crippen molar-refractivity contribution in [3.05, 3.63) is 64.9 Å². The van der Waals surface area contributed by atoms with E-state index in [1.54, 1.807) is 0 Å². The molecule has 3 rings (SSSR count). The van der Waals surface area contributed by atoms with E-state index in [1.807, 2.05) is 48.0 Å². The second-order valence-corrected chi connectivity index (χ2v) is 5.24. The molecule has 4 heteroatoms. The normalized spacial score (nSPS) is 12.8. The van der Waals surface area contributed by atoms with Gasteiger partial charge in [0, 0.05) is 13.6 Å². The van der Waals surface area contributed by atoms with Gasteiger partial charge < -0.3 is 10.3 Å². The Morgan fingerprint density at radius 3 is 2.55 bits per heavy atom. The second kappa shape index (κ2) is 5.27. The Hall–Kier alpha value is -1.84. The SMILES string of the molecule is Cn1c(C(CN)c2ccccc2)nc2cccc(Cl)c21. The fourth-order valence-corrected chi connectivity index (χ4v) is 2.92. The summed E-state index contributed by atoms with van der Waals surface area (Å²) in [5.41, 5.74) is 9.01. The quantitative estimate of drug-likeness (QED) is 0.802. The zero-order valence-corrected chi connectivity index (χ0v) is 12.0. The van der Waals surface area contributed by atoms with Crippen LogP contribution in [0.1, 0.15) is 17.3 Å². The first-order chi connectivity index (χ1) is 9.72. The Morgan fingerprint density at radius 2 is 1.90 bits per heavy atom. The van der Waals surface area contributed by atoms with Crippen LogP contribution in [0.2, 0.25) is 5.02 Å². The highest BCUT2D eigenvalue weighted by atomic mass is 35.5. The van der Waals surface area contributed by atoms with E-state index in [2.05, 4.69) is 12.1 Å². The molecule has 102 valence electrons. The van der Waals surface area contributed by atoms with Crippen LogP contribution in [0.5, 0.6) is 0 Å². The summed E-state index contributed by atoms with van der Waals surface area (Å²) in [6, 6.07) is 16.0. The Labute approximate surface area is 123 Å². The molecule has 1 unspecified atom stereocenters. The van der Waals surface area contributed by atoms with E-state index in [9.17, 15) is 0 Å². The predicted molar refractivity (Wildman–Crippen MR) is 83.1 cm³/mol. The molecular weight excluding hydrogens is 270 g/mol. The second-order valence-electron chi connectivity index (χ2n) is 4.84. The summed E-state index contributed by atoms with van der Waals surface area (Å²) in [7, 11) is 1.99. The lowest BCUT2D eigenvalue weighted by atomic mass is 9.98. The molecule has 3 nitrogen and oxygen atoms in total. The van der Waals surface area contributed by atoms with Gasteiger partial charge >= 0.3 is 0 Å². The average molecular weight is 286 g/mol. The number of halogens is 1. The van der Waals surface area contributed by atoms with E-state index >= 15 is 0 Å². The molecule has 1 heterocycles. The van der Waals surface area contributed by atoms with Crippen LogP contribution >= 0.6 is 11.6 Å². The number of hydrogen-bond donors (Lipinski definition) is 1. The smallest absolute Gasteiger partial charge is 0.118 e. The maximum atomic E-state index is 6.28. The molecule has 0 spiro atoms. The number of benzene rings is 2. The van der Waals surface area contributed by atoms with Gasteiger partial charge in [0.05, 0.1) is 22.0 Å². The third-order valence-electron chi connectivity index (χ3n) is 3.63. The lowest BCUT2D eigenvalue weighted by Gasteiger charge is -2.15. The fraction of sp³-hybridized carbons (Fsp3) is 0.188. The van der Waals surface area contributed by atoms with Crippen molar-refractivity contribution >= 4 is 22.6 Å². The van der Waals surface area contributed by atoms with E-state index in [0.29, 0.717) is 11.6 Å². The Kier molecular flexibility index (Phi) is 3.47. The van der Waals surface area contributed by atoms with Crippen LogP contribution in [-0.4, -0.2) is 16.1 Å². The number of nitrogens with zero attached hydrogens (tertiary/aromatic N) is 2. The molecule has 2 aromatic carbocycles. The Bertz CT molecular complexity index is 734. The first kappa shape index (κ1) is 13.2. The van der Waals surface area contributed by atoms with Crippen molar-refractivity contribution in [1.29, 1.82) is 0 Å². The molecule has 0 aliphatic rings. The van der Waals surface area contributed by atoms with Crippen LogP contribution in [0.4, 0.5) is 0 Å². The molecule has 2 N–H and O–H groups in total. The molecule has 1 atom stereocenters. The lowest BCUT2D eigenvalue weighted by molar-refractivity contribution is 0.708. The van der Waals surface area contributed by atoms with Crippen molar-refractivity contribution in [3.8, 4) is 0 Å². The topological polar surface area (TPSA) is 43.8 Å². The monoisotopic (exact) mass is 285 g/mol. The molecule has 1 aromatic heterocycles. The van der Waals surface area contributed by atoms with Crippen LogP contribution in [0.25, 0.3) is 11.0 Å². The van der Waals surface area contributed by atoms with Crippen LogP contribution < -0.4 is 5.73 Å². The summed E-state index contributed by atoms with van der Waals surface area (Å²) in [6.07, 6.45) is 0. The number of aromatic nitrogens is 2. The summed E-state index contributed by atoms with van der Waals surface area (Å²) in [4.78, 5) is 4.72. The molecule has 0 aliphatic carbocycles. The van der Waals surface area contributed by atoms with Crippen LogP contribution in [-0.2, 0) is 7.05 Å². The molecule has 0 bridgehead atoms. The minimum Gasteiger partial charge on any atom is -0.329 e. The van der Waals surface area contributed by atoms with Crippen molar-refractivity contribution < 1.29 is 0 Å². The van der Waals surface area contributed by atoms with E-state index in [1.165, 1.54) is 5.56 Å². The zero-order chi connectivity index (χ0) is 14.1. The summed E-state index contributed by atoms with van der Waals surface area (Å²) >= 11 is 6.28. The van der Waals surface area contributed by atoms with Crippen molar-refractivity contribution in [2.45, 2.75) is 5.92 Å². The molecule has 0 saturated carbocycles. The van der Waals surface area contributed by atoms with Gasteiger partial charge in [-0.2, -0.15) is 0 Å². The molecule has 0 amide bonds. The number of hydrogen-bond acceptors (Lipinski definition) is 2. The summed E-state index contributed by atoms with van der Waals surface area (Å²) < 4.78 is 2.04. The van der Waals surface area contributed by atoms with Gasteiger partial charge in [0.25, 0.3) is 0 Å². The predicted octanol–water partition coefficient (Wildman–Crippen LogP) is 3.32. The highest BCUT2D eigenvalue weighted by Gasteiger charge is 2.20. The van der Waals surface area contributed by atoms with Gasteiger partial charge in [-0.05, 0) is 17.7 Å². The molecular formula is C16H16ClN3. The van der Waals surface area contributed by atoms with Crippen LogP contribution in [0.15, 0.2) is 48.5 Å². The molecule has 20 heavy (non-hydrogen) atoms. The van der Waals surface area contributed by atoms with E-state index in [-0.39, 0.29) is 5.92 Å². The van der Waals surface area contributed by atoms with Crippen LogP contribution in [0, 0.1) is 0 Å². The Balaban J connectivity index is 2.18. The molecule has 0 aliphatic heterocycles. The molecule has 0 radical (unpaired) electrons. The molecule has 0 saturated heterocycles. The highest BCUT2D eigenvalue weighted by molar-refractivity contribution is 6.35. The zero-order valence-electron chi connectivity index (χ0n) is 11.3.